The van der Waals surface area contributed by atoms with Gasteiger partial charge in [-0.1, -0.05) is 26.3 Å². The number of ether oxygens (including phenoxy) is 4. The first kappa shape index (κ1) is 34.2. The highest BCUT2D eigenvalue weighted by molar-refractivity contribution is 5.90. The van der Waals surface area contributed by atoms with Crippen molar-refractivity contribution in [2.45, 2.75) is 139 Å². The highest BCUT2D eigenvalue weighted by atomic mass is 16.7. The van der Waals surface area contributed by atoms with Gasteiger partial charge < -0.3 is 59.8 Å². The zero-order valence-electron chi connectivity index (χ0n) is 27.5. The monoisotopic (exact) mass is 668 g/mol. The normalized spacial score (nSPS) is 56.2. The molecule has 1 spiro atoms. The van der Waals surface area contributed by atoms with E-state index < -0.39 is 84.8 Å². The second-order valence-electron chi connectivity index (χ2n) is 16.2. The minimum absolute atomic E-state index is 0.0109. The summed E-state index contributed by atoms with van der Waals surface area (Å²) in [7, 11) is 0. The third-order valence-electron chi connectivity index (χ3n) is 14.3. The van der Waals surface area contributed by atoms with Crippen LogP contribution in [0.4, 0.5) is 0 Å². The van der Waals surface area contributed by atoms with Crippen molar-refractivity contribution in [3.8, 4) is 0 Å². The third-order valence-corrected chi connectivity index (χ3v) is 14.3. The molecular weight excluding hydrogens is 616 g/mol. The van der Waals surface area contributed by atoms with Crippen LogP contribution in [-0.2, 0) is 23.7 Å². The first-order valence-electron chi connectivity index (χ1n) is 17.3. The Morgan fingerprint density at radius 3 is 2.36 bits per heavy atom. The molecule has 8 N–H and O–H groups in total. The zero-order chi connectivity index (χ0) is 34.0. The molecule has 6 fully saturated rings. The largest absolute Gasteiger partial charge is 0.458 e. The molecule has 266 valence electrons. The smallest absolute Gasteiger partial charge is 0.336 e. The van der Waals surface area contributed by atoms with Crippen LogP contribution < -0.4 is 0 Å². The van der Waals surface area contributed by atoms with Crippen molar-refractivity contribution in [3.63, 3.8) is 0 Å². The van der Waals surface area contributed by atoms with Gasteiger partial charge in [0.05, 0.1) is 43.2 Å². The summed E-state index contributed by atoms with van der Waals surface area (Å²) >= 11 is 0. The molecule has 47 heavy (non-hydrogen) atoms. The molecule has 0 radical (unpaired) electrons. The van der Waals surface area contributed by atoms with E-state index in [2.05, 4.69) is 13.8 Å². The summed E-state index contributed by atoms with van der Waals surface area (Å²) in [6, 6.07) is 0. The van der Waals surface area contributed by atoms with Gasteiger partial charge in [0.1, 0.15) is 42.2 Å². The zero-order valence-corrected chi connectivity index (χ0v) is 27.5. The van der Waals surface area contributed by atoms with Crippen molar-refractivity contribution in [1.82, 2.24) is 0 Å². The van der Waals surface area contributed by atoms with Gasteiger partial charge in [-0.15, -0.1) is 0 Å². The number of carbonyl (C=O) groups excluding carboxylic acids is 1. The third kappa shape index (κ3) is 4.65. The molecule has 19 atom stereocenters. The molecule has 0 aromatic heterocycles. The van der Waals surface area contributed by atoms with Crippen LogP contribution in [0, 0.1) is 40.4 Å². The number of fused-ring (bicyclic) bond motifs is 4. The summed E-state index contributed by atoms with van der Waals surface area (Å²) in [5, 5.41) is 85.6. The molecule has 4 aliphatic carbocycles. The van der Waals surface area contributed by atoms with Gasteiger partial charge in [-0.3, -0.25) is 0 Å². The van der Waals surface area contributed by atoms with E-state index in [1.807, 2.05) is 13.8 Å². The van der Waals surface area contributed by atoms with E-state index in [9.17, 15) is 45.6 Å². The van der Waals surface area contributed by atoms with E-state index in [1.54, 1.807) is 0 Å². The number of carbonyl (C=O) groups is 1. The lowest BCUT2D eigenvalue weighted by Crippen LogP contribution is -2.70. The topological polar surface area (TPSA) is 219 Å². The highest BCUT2D eigenvalue weighted by Gasteiger charge is 2.82. The standard InChI is InChI=1S/C34H52O13/c1-13-7-20(44-30(43)16(13)11-35)14(2)25-19(37)9-18-15-8-24-34(47-24)29(42)21(45-31-28(41)27(40)26(39)22(12-36)46-31)10-23(38)33(34,4)17(15)5-6-32(18,25)3/h14-15,17-29,31,35-42H,5-12H2,1-4H3/t14?,15?,17?,18?,19?,20?,21-,22+,23?,24+,25?,26+,27-,28+,29-,31+,32-,33-,34-/m0/s1. The molecule has 0 amide bonds. The number of esters is 1. The molecule has 2 saturated heterocycles. The summed E-state index contributed by atoms with van der Waals surface area (Å²) in [5.74, 6) is -0.497. The Hall–Kier alpha value is -1.23. The molecule has 0 aromatic rings. The molecule has 3 aliphatic heterocycles. The van der Waals surface area contributed by atoms with Crippen LogP contribution in [0.15, 0.2) is 11.1 Å². The Morgan fingerprint density at radius 2 is 1.70 bits per heavy atom. The fourth-order valence-corrected chi connectivity index (χ4v) is 11.8. The van der Waals surface area contributed by atoms with Crippen LogP contribution in [0.3, 0.4) is 0 Å². The van der Waals surface area contributed by atoms with Crippen molar-refractivity contribution in [1.29, 1.82) is 0 Å². The number of aliphatic hydroxyl groups is 8. The summed E-state index contributed by atoms with van der Waals surface area (Å²) < 4.78 is 23.8. The van der Waals surface area contributed by atoms with Crippen molar-refractivity contribution >= 4 is 5.97 Å². The number of rotatable bonds is 6. The Bertz CT molecular complexity index is 1270. The van der Waals surface area contributed by atoms with Crippen molar-refractivity contribution in [2.75, 3.05) is 13.2 Å². The molecule has 7 aliphatic rings. The summed E-state index contributed by atoms with van der Waals surface area (Å²) in [5.41, 5.74) is -1.04. The maximum Gasteiger partial charge on any atom is 0.336 e. The maximum atomic E-state index is 12.7. The molecule has 13 nitrogen and oxygen atoms in total. The molecule has 0 aromatic carbocycles. The molecule has 7 rings (SSSR count). The summed E-state index contributed by atoms with van der Waals surface area (Å²) in [6.07, 6.45) is -8.60. The second kappa shape index (κ2) is 11.7. The average molecular weight is 669 g/mol. The Kier molecular flexibility index (Phi) is 8.49. The predicted molar refractivity (Wildman–Crippen MR) is 161 cm³/mol. The van der Waals surface area contributed by atoms with Gasteiger partial charge in [0, 0.05) is 18.3 Å². The summed E-state index contributed by atoms with van der Waals surface area (Å²) in [6.45, 7) is 7.17. The number of cyclic esters (lactones) is 1. The number of hydrogen-bond acceptors (Lipinski definition) is 13. The minimum atomic E-state index is -1.64. The van der Waals surface area contributed by atoms with Crippen LogP contribution in [0.2, 0.25) is 0 Å². The number of epoxide rings is 1. The maximum absolute atomic E-state index is 12.7. The first-order valence-corrected chi connectivity index (χ1v) is 17.3. The van der Waals surface area contributed by atoms with Gasteiger partial charge in [-0.2, -0.15) is 0 Å². The Labute approximate surface area is 274 Å². The summed E-state index contributed by atoms with van der Waals surface area (Å²) in [4.78, 5) is 12.7. The van der Waals surface area contributed by atoms with E-state index in [0.717, 1.165) is 18.4 Å². The number of hydrogen-bond donors (Lipinski definition) is 8. The molecule has 0 bridgehead atoms. The second-order valence-corrected chi connectivity index (χ2v) is 16.2. The Balaban J connectivity index is 1.11. The average Bonchev–Trinajstić information content (AvgIpc) is 3.70. The minimum Gasteiger partial charge on any atom is -0.458 e. The van der Waals surface area contributed by atoms with E-state index >= 15 is 0 Å². The lowest BCUT2D eigenvalue weighted by molar-refractivity contribution is -0.330. The predicted octanol–water partition coefficient (Wildman–Crippen LogP) is -0.865. The van der Waals surface area contributed by atoms with Crippen LogP contribution in [-0.4, -0.2) is 133 Å². The van der Waals surface area contributed by atoms with E-state index in [-0.39, 0.29) is 54.1 Å². The van der Waals surface area contributed by atoms with Crippen LogP contribution in [0.1, 0.15) is 66.2 Å². The van der Waals surface area contributed by atoms with Crippen LogP contribution in [0.5, 0.6) is 0 Å². The molecular formula is C34H52O13. The van der Waals surface area contributed by atoms with Gasteiger partial charge >= 0.3 is 5.97 Å². The van der Waals surface area contributed by atoms with E-state index in [0.29, 0.717) is 24.8 Å². The quantitative estimate of drug-likeness (QED) is 0.0982. The van der Waals surface area contributed by atoms with Gasteiger partial charge in [0.25, 0.3) is 0 Å². The lowest BCUT2D eigenvalue weighted by Gasteiger charge is -2.62. The molecule has 13 heteroatoms. The SMILES string of the molecule is CC1=C(CO)C(=O)OC(C(C)C2C(O)CC3C4C[C@H]5O[C@]56[C@@H](O)[C@@H](O[C@@H]5O[C@H](CO)[C@@H](O)[C@H](O)[C@H]5O)CC(O)[C@]6(C)C4CC[C@@]32C)C1. The first-order chi connectivity index (χ1) is 22.1. The lowest BCUT2D eigenvalue weighted by atomic mass is 9.43. The fraction of sp³-hybridized carbons (Fsp3) is 0.912. The molecule has 4 saturated carbocycles. The number of aliphatic hydroxyl groups excluding tert-OH is 8. The van der Waals surface area contributed by atoms with Gasteiger partial charge in [0.2, 0.25) is 0 Å². The van der Waals surface area contributed by atoms with Crippen molar-refractivity contribution in [2.24, 2.45) is 40.4 Å². The van der Waals surface area contributed by atoms with Crippen molar-refractivity contribution in [3.05, 3.63) is 11.1 Å². The van der Waals surface area contributed by atoms with Crippen molar-refractivity contribution < 1.29 is 64.6 Å². The van der Waals surface area contributed by atoms with Gasteiger partial charge in [-0.25, -0.2) is 4.79 Å². The van der Waals surface area contributed by atoms with Gasteiger partial charge in [0.15, 0.2) is 6.29 Å². The molecule has 3 heterocycles. The molecule has 8 unspecified atom stereocenters. The van der Waals surface area contributed by atoms with Crippen LogP contribution in [0.25, 0.3) is 0 Å². The van der Waals surface area contributed by atoms with E-state index in [1.165, 1.54) is 0 Å². The Morgan fingerprint density at radius 1 is 0.979 bits per heavy atom. The fourth-order valence-electron chi connectivity index (χ4n) is 11.8. The van der Waals surface area contributed by atoms with E-state index in [4.69, 9.17) is 18.9 Å². The van der Waals surface area contributed by atoms with Gasteiger partial charge in [-0.05, 0) is 67.6 Å². The van der Waals surface area contributed by atoms with Crippen LogP contribution >= 0.6 is 0 Å². The highest BCUT2D eigenvalue weighted by Crippen LogP contribution is 2.74.